The molecule has 2 heterocycles. The number of imidazole rings is 1. The minimum Gasteiger partial charge on any atom is -0.481 e. The topological polar surface area (TPSA) is 100 Å². The van der Waals surface area contributed by atoms with E-state index in [1.165, 1.54) is 0 Å². The number of aliphatic carboxylic acids is 1. The van der Waals surface area contributed by atoms with E-state index in [-0.39, 0.29) is 12.0 Å². The van der Waals surface area contributed by atoms with E-state index in [2.05, 4.69) is 15.3 Å². The summed E-state index contributed by atoms with van der Waals surface area (Å²) >= 11 is 12.5. The van der Waals surface area contributed by atoms with Gasteiger partial charge in [0, 0.05) is 19.2 Å². The van der Waals surface area contributed by atoms with Crippen LogP contribution in [-0.2, 0) is 18.3 Å². The van der Waals surface area contributed by atoms with Gasteiger partial charge in [-0.25, -0.2) is 4.98 Å². The minimum absolute atomic E-state index is 0.0246. The molecule has 4 rings (SSSR count). The second kappa shape index (κ2) is 7.66. The van der Waals surface area contributed by atoms with Gasteiger partial charge in [-0.15, -0.1) is 0 Å². The molecule has 0 unspecified atom stereocenters. The van der Waals surface area contributed by atoms with Crippen LogP contribution in [0.4, 0.5) is 11.6 Å². The Kier molecular flexibility index (Phi) is 5.17. The van der Waals surface area contributed by atoms with E-state index in [1.54, 1.807) is 36.7 Å². The Labute approximate surface area is 181 Å². The molecule has 2 aromatic heterocycles. The maximum atomic E-state index is 12.9. The predicted octanol–water partition coefficient (Wildman–Crippen LogP) is 4.79. The molecule has 0 radical (unpaired) electrons. The third kappa shape index (κ3) is 3.40. The standard InChI is InChI=1S/C21H18Cl2N4O3/c1-10-11(7-9-16(28)29)12-6-8-15-19(17(12)20(30)24-10)27(2)21(25-15)26-18-13(22)4-3-5-14(18)23/h3-6,8H,7,9H2,1-2H3,(H,24,30)(H,25,26)(H,28,29). The number of aromatic amines is 1. The molecule has 0 aliphatic carbocycles. The molecule has 3 N–H and O–H groups in total. The van der Waals surface area contributed by atoms with Crippen molar-refractivity contribution < 1.29 is 9.90 Å². The Bertz CT molecular complexity index is 1350. The Morgan fingerprint density at radius 1 is 1.23 bits per heavy atom. The number of aryl methyl sites for hydroxylation is 3. The van der Waals surface area contributed by atoms with Gasteiger partial charge in [0.2, 0.25) is 5.95 Å². The molecular weight excluding hydrogens is 427 g/mol. The quantitative estimate of drug-likeness (QED) is 0.410. The predicted molar refractivity (Wildman–Crippen MR) is 119 cm³/mol. The van der Waals surface area contributed by atoms with Crippen molar-refractivity contribution in [2.45, 2.75) is 19.8 Å². The van der Waals surface area contributed by atoms with E-state index < -0.39 is 5.97 Å². The fourth-order valence-corrected chi connectivity index (χ4v) is 4.18. The van der Waals surface area contributed by atoms with E-state index in [0.717, 1.165) is 10.9 Å². The molecule has 4 aromatic rings. The molecule has 0 aliphatic heterocycles. The normalized spacial score (nSPS) is 11.3. The summed E-state index contributed by atoms with van der Waals surface area (Å²) < 4.78 is 1.77. The lowest BCUT2D eigenvalue weighted by molar-refractivity contribution is -0.136. The minimum atomic E-state index is -0.890. The highest BCUT2D eigenvalue weighted by molar-refractivity contribution is 6.39. The number of hydrogen-bond acceptors (Lipinski definition) is 4. The highest BCUT2D eigenvalue weighted by Gasteiger charge is 2.18. The van der Waals surface area contributed by atoms with Crippen molar-refractivity contribution in [3.8, 4) is 0 Å². The highest BCUT2D eigenvalue weighted by Crippen LogP contribution is 2.34. The van der Waals surface area contributed by atoms with Gasteiger partial charge in [0.15, 0.2) is 0 Å². The van der Waals surface area contributed by atoms with Crippen molar-refractivity contribution >= 4 is 62.6 Å². The average Bonchev–Trinajstić information content (AvgIpc) is 3.00. The number of rotatable bonds is 5. The molecule has 0 spiro atoms. The molecule has 2 aromatic carbocycles. The summed E-state index contributed by atoms with van der Waals surface area (Å²) in [7, 11) is 1.79. The Morgan fingerprint density at radius 3 is 2.60 bits per heavy atom. The highest BCUT2D eigenvalue weighted by atomic mass is 35.5. The lowest BCUT2D eigenvalue weighted by Crippen LogP contribution is -2.13. The Balaban J connectivity index is 1.93. The largest absolute Gasteiger partial charge is 0.481 e. The summed E-state index contributed by atoms with van der Waals surface area (Å²) in [5.74, 6) is -0.418. The van der Waals surface area contributed by atoms with Gasteiger partial charge in [0.1, 0.15) is 0 Å². The van der Waals surface area contributed by atoms with Crippen molar-refractivity contribution in [1.29, 1.82) is 0 Å². The number of halogens is 2. The number of carboxylic acids is 1. The van der Waals surface area contributed by atoms with Gasteiger partial charge >= 0.3 is 5.97 Å². The Morgan fingerprint density at radius 2 is 1.93 bits per heavy atom. The molecular formula is C21H18Cl2N4O3. The number of anilines is 2. The maximum Gasteiger partial charge on any atom is 0.303 e. The van der Waals surface area contributed by atoms with Crippen LogP contribution in [0.5, 0.6) is 0 Å². The van der Waals surface area contributed by atoms with Crippen molar-refractivity contribution in [3.05, 3.63) is 62.0 Å². The number of carboxylic acid groups (broad SMARTS) is 1. The molecule has 0 amide bonds. The number of fused-ring (bicyclic) bond motifs is 3. The van der Waals surface area contributed by atoms with Gasteiger partial charge in [-0.05, 0) is 42.5 Å². The second-order valence-corrected chi connectivity index (χ2v) is 7.84. The van der Waals surface area contributed by atoms with Gasteiger partial charge in [0.25, 0.3) is 5.56 Å². The maximum absolute atomic E-state index is 12.9. The van der Waals surface area contributed by atoms with Crippen molar-refractivity contribution in [2.24, 2.45) is 7.05 Å². The van der Waals surface area contributed by atoms with E-state index in [0.29, 0.717) is 50.2 Å². The summed E-state index contributed by atoms with van der Waals surface area (Å²) in [5.41, 5.74) is 2.99. The summed E-state index contributed by atoms with van der Waals surface area (Å²) in [6.45, 7) is 1.78. The fourth-order valence-electron chi connectivity index (χ4n) is 3.69. The first-order valence-electron chi connectivity index (χ1n) is 9.21. The number of nitrogens with zero attached hydrogens (tertiary/aromatic N) is 2. The third-order valence-corrected chi connectivity index (χ3v) is 5.76. The van der Waals surface area contributed by atoms with E-state index >= 15 is 0 Å². The fraction of sp³-hybridized carbons (Fsp3) is 0.190. The summed E-state index contributed by atoms with van der Waals surface area (Å²) in [6.07, 6.45) is 0.293. The van der Waals surface area contributed by atoms with Crippen LogP contribution in [0.25, 0.3) is 21.8 Å². The first kappa shape index (κ1) is 20.3. The number of carbonyl (C=O) groups is 1. The van der Waals surface area contributed by atoms with Crippen LogP contribution in [0.1, 0.15) is 17.7 Å². The average molecular weight is 445 g/mol. The Hall–Kier alpha value is -3.03. The number of hydrogen-bond donors (Lipinski definition) is 3. The molecule has 0 bridgehead atoms. The van der Waals surface area contributed by atoms with Gasteiger partial charge in [0.05, 0.1) is 32.2 Å². The summed E-state index contributed by atoms with van der Waals surface area (Å²) in [5, 5.41) is 14.3. The second-order valence-electron chi connectivity index (χ2n) is 7.02. The molecule has 154 valence electrons. The van der Waals surface area contributed by atoms with Gasteiger partial charge < -0.3 is 20.0 Å². The molecule has 9 heteroatoms. The number of pyridine rings is 1. The molecule has 7 nitrogen and oxygen atoms in total. The third-order valence-electron chi connectivity index (χ3n) is 5.13. The number of aromatic nitrogens is 3. The van der Waals surface area contributed by atoms with Crippen molar-refractivity contribution in [3.63, 3.8) is 0 Å². The number of benzene rings is 2. The molecule has 0 atom stereocenters. The van der Waals surface area contributed by atoms with Crippen LogP contribution >= 0.6 is 23.2 Å². The van der Waals surface area contributed by atoms with E-state index in [1.807, 2.05) is 12.1 Å². The van der Waals surface area contributed by atoms with Crippen LogP contribution in [0.2, 0.25) is 10.0 Å². The summed E-state index contributed by atoms with van der Waals surface area (Å²) in [4.78, 5) is 31.4. The number of para-hydroxylation sites is 1. The monoisotopic (exact) mass is 444 g/mol. The van der Waals surface area contributed by atoms with Crippen LogP contribution in [0.3, 0.4) is 0 Å². The van der Waals surface area contributed by atoms with Gasteiger partial charge in [-0.1, -0.05) is 35.3 Å². The van der Waals surface area contributed by atoms with Crippen LogP contribution in [0.15, 0.2) is 35.1 Å². The molecule has 30 heavy (non-hydrogen) atoms. The van der Waals surface area contributed by atoms with Crippen molar-refractivity contribution in [2.75, 3.05) is 5.32 Å². The molecule has 0 saturated carbocycles. The van der Waals surface area contributed by atoms with Crippen LogP contribution < -0.4 is 10.9 Å². The van der Waals surface area contributed by atoms with Crippen LogP contribution in [0, 0.1) is 6.92 Å². The first-order valence-corrected chi connectivity index (χ1v) is 9.97. The molecule has 0 fully saturated rings. The summed E-state index contributed by atoms with van der Waals surface area (Å²) in [6, 6.07) is 8.82. The number of H-pyrrole nitrogens is 1. The zero-order chi connectivity index (χ0) is 21.6. The van der Waals surface area contributed by atoms with Gasteiger partial charge in [-0.2, -0.15) is 0 Å². The number of nitrogens with one attached hydrogen (secondary N) is 2. The smallest absolute Gasteiger partial charge is 0.303 e. The van der Waals surface area contributed by atoms with E-state index in [4.69, 9.17) is 28.3 Å². The molecule has 0 aliphatic rings. The van der Waals surface area contributed by atoms with Gasteiger partial charge in [-0.3, -0.25) is 9.59 Å². The first-order chi connectivity index (χ1) is 14.3. The zero-order valence-corrected chi connectivity index (χ0v) is 17.7. The zero-order valence-electron chi connectivity index (χ0n) is 16.2. The lowest BCUT2D eigenvalue weighted by Gasteiger charge is -2.11. The SMILES string of the molecule is Cc1[nH]c(=O)c2c(ccc3nc(Nc4c(Cl)cccc4Cl)n(C)c32)c1CCC(=O)O. The van der Waals surface area contributed by atoms with Crippen molar-refractivity contribution in [1.82, 2.24) is 14.5 Å². The van der Waals surface area contributed by atoms with Crippen LogP contribution in [-0.4, -0.2) is 25.6 Å². The van der Waals surface area contributed by atoms with E-state index in [9.17, 15) is 9.59 Å². The lowest BCUT2D eigenvalue weighted by atomic mass is 9.99. The molecule has 0 saturated heterocycles.